The van der Waals surface area contributed by atoms with E-state index < -0.39 is 0 Å². The number of carbonyl (C=O) groups is 1. The van der Waals surface area contributed by atoms with Gasteiger partial charge in [-0.05, 0) is 36.6 Å². The summed E-state index contributed by atoms with van der Waals surface area (Å²) in [5, 5.41) is 18.2. The van der Waals surface area contributed by atoms with Crippen molar-refractivity contribution in [3.8, 4) is 0 Å². The van der Waals surface area contributed by atoms with Crippen LogP contribution in [0.15, 0.2) is 36.5 Å². The molecule has 1 amide bonds. The molecule has 0 spiro atoms. The van der Waals surface area contributed by atoms with Gasteiger partial charge >= 0.3 is 0 Å². The highest BCUT2D eigenvalue weighted by atomic mass is 16.2. The molecule has 19 heavy (non-hydrogen) atoms. The maximum absolute atomic E-state index is 11.8. The van der Waals surface area contributed by atoms with Crippen molar-refractivity contribution >= 4 is 11.6 Å². The lowest BCUT2D eigenvalue weighted by Gasteiger charge is -2.06. The van der Waals surface area contributed by atoms with E-state index in [4.69, 9.17) is 5.11 Å². The summed E-state index contributed by atoms with van der Waals surface area (Å²) < 4.78 is 0. The van der Waals surface area contributed by atoms with E-state index in [1.807, 2.05) is 24.3 Å². The Hall–Kier alpha value is -2.14. The number of H-pyrrole nitrogens is 1. The van der Waals surface area contributed by atoms with Crippen molar-refractivity contribution in [2.75, 3.05) is 11.9 Å². The third-order valence-corrected chi connectivity index (χ3v) is 2.74. The van der Waals surface area contributed by atoms with Crippen LogP contribution >= 0.6 is 0 Å². The van der Waals surface area contributed by atoms with Gasteiger partial charge in [-0.15, -0.1) is 0 Å². The molecule has 2 rings (SSSR count). The summed E-state index contributed by atoms with van der Waals surface area (Å²) in [6, 6.07) is 9.45. The van der Waals surface area contributed by atoms with Gasteiger partial charge in [0.1, 0.15) is 0 Å². The zero-order valence-electron chi connectivity index (χ0n) is 10.6. The number of aryl methyl sites for hydroxylation is 1. The molecular formula is C14H17N3O2. The SMILES string of the molecule is O=C(Cc1ccn[nH]1)Nc1cccc(CCCO)c1. The predicted octanol–water partition coefficient (Wildman–Crippen LogP) is 1.52. The molecule has 100 valence electrons. The van der Waals surface area contributed by atoms with Gasteiger partial charge in [-0.1, -0.05) is 12.1 Å². The third kappa shape index (κ3) is 4.22. The van der Waals surface area contributed by atoms with Crippen molar-refractivity contribution in [1.82, 2.24) is 10.2 Å². The first-order chi connectivity index (χ1) is 9.28. The number of benzene rings is 1. The van der Waals surface area contributed by atoms with Crippen molar-refractivity contribution in [1.29, 1.82) is 0 Å². The van der Waals surface area contributed by atoms with Crippen molar-refractivity contribution in [3.63, 3.8) is 0 Å². The normalized spacial score (nSPS) is 10.4. The van der Waals surface area contributed by atoms with E-state index in [0.717, 1.165) is 29.8 Å². The summed E-state index contributed by atoms with van der Waals surface area (Å²) in [5.41, 5.74) is 2.67. The summed E-state index contributed by atoms with van der Waals surface area (Å²) in [4.78, 5) is 11.8. The van der Waals surface area contributed by atoms with E-state index in [1.54, 1.807) is 12.3 Å². The highest BCUT2D eigenvalue weighted by Gasteiger charge is 2.05. The molecule has 5 heteroatoms. The average Bonchev–Trinajstić information content (AvgIpc) is 2.89. The number of aliphatic hydroxyl groups excluding tert-OH is 1. The van der Waals surface area contributed by atoms with Crippen LogP contribution in [0.2, 0.25) is 0 Å². The van der Waals surface area contributed by atoms with Gasteiger partial charge in [-0.3, -0.25) is 9.89 Å². The van der Waals surface area contributed by atoms with Crippen molar-refractivity contribution in [2.45, 2.75) is 19.3 Å². The number of hydrogen-bond acceptors (Lipinski definition) is 3. The molecule has 0 bridgehead atoms. The second-order valence-corrected chi connectivity index (χ2v) is 4.33. The van der Waals surface area contributed by atoms with Crippen LogP contribution in [-0.4, -0.2) is 27.8 Å². The maximum Gasteiger partial charge on any atom is 0.230 e. The minimum absolute atomic E-state index is 0.0800. The molecule has 0 atom stereocenters. The lowest BCUT2D eigenvalue weighted by molar-refractivity contribution is -0.115. The topological polar surface area (TPSA) is 78.0 Å². The van der Waals surface area contributed by atoms with Crippen LogP contribution in [0.1, 0.15) is 17.7 Å². The van der Waals surface area contributed by atoms with Crippen LogP contribution in [0, 0.1) is 0 Å². The number of hydrogen-bond donors (Lipinski definition) is 3. The molecule has 0 unspecified atom stereocenters. The number of aromatic nitrogens is 2. The van der Waals surface area contributed by atoms with Gasteiger partial charge in [0.15, 0.2) is 0 Å². The van der Waals surface area contributed by atoms with Crippen LogP contribution < -0.4 is 5.32 Å². The Morgan fingerprint density at radius 3 is 3.00 bits per heavy atom. The minimum atomic E-state index is -0.0800. The molecule has 1 aromatic heterocycles. The number of aromatic amines is 1. The van der Waals surface area contributed by atoms with Crippen LogP contribution in [0.5, 0.6) is 0 Å². The number of rotatable bonds is 6. The molecule has 1 aromatic carbocycles. The first-order valence-corrected chi connectivity index (χ1v) is 6.26. The van der Waals surface area contributed by atoms with Gasteiger partial charge in [-0.25, -0.2) is 0 Å². The number of aliphatic hydroxyl groups is 1. The highest BCUT2D eigenvalue weighted by molar-refractivity contribution is 5.92. The molecule has 0 aliphatic heterocycles. The zero-order chi connectivity index (χ0) is 13.5. The predicted molar refractivity (Wildman–Crippen MR) is 72.8 cm³/mol. The molecule has 1 heterocycles. The first-order valence-electron chi connectivity index (χ1n) is 6.26. The van der Waals surface area contributed by atoms with Crippen molar-refractivity contribution < 1.29 is 9.90 Å². The van der Waals surface area contributed by atoms with E-state index in [-0.39, 0.29) is 18.9 Å². The molecule has 0 saturated carbocycles. The Kier molecular flexibility index (Phi) is 4.69. The number of anilines is 1. The Morgan fingerprint density at radius 1 is 1.37 bits per heavy atom. The lowest BCUT2D eigenvalue weighted by atomic mass is 10.1. The summed E-state index contributed by atoms with van der Waals surface area (Å²) in [7, 11) is 0. The van der Waals surface area contributed by atoms with E-state index in [2.05, 4.69) is 15.5 Å². The van der Waals surface area contributed by atoms with Gasteiger partial charge in [-0.2, -0.15) is 5.10 Å². The van der Waals surface area contributed by atoms with Crippen LogP contribution in [-0.2, 0) is 17.6 Å². The van der Waals surface area contributed by atoms with Gasteiger partial charge in [0, 0.05) is 24.2 Å². The van der Waals surface area contributed by atoms with Gasteiger partial charge in [0.25, 0.3) is 0 Å². The number of nitrogens with zero attached hydrogens (tertiary/aromatic N) is 1. The number of carbonyl (C=O) groups excluding carboxylic acids is 1. The summed E-state index contributed by atoms with van der Waals surface area (Å²) in [5.74, 6) is -0.0800. The quantitative estimate of drug-likeness (QED) is 0.736. The molecule has 3 N–H and O–H groups in total. The van der Waals surface area contributed by atoms with Gasteiger partial charge < -0.3 is 10.4 Å². The summed E-state index contributed by atoms with van der Waals surface area (Å²) in [6.45, 7) is 0.177. The fraction of sp³-hybridized carbons (Fsp3) is 0.286. The lowest BCUT2D eigenvalue weighted by Crippen LogP contribution is -2.14. The van der Waals surface area contributed by atoms with E-state index in [1.165, 1.54) is 0 Å². The summed E-state index contributed by atoms with van der Waals surface area (Å²) >= 11 is 0. The average molecular weight is 259 g/mol. The molecule has 0 aliphatic carbocycles. The Morgan fingerprint density at radius 2 is 2.26 bits per heavy atom. The molecule has 5 nitrogen and oxygen atoms in total. The molecule has 0 aliphatic rings. The molecule has 0 fully saturated rings. The fourth-order valence-electron chi connectivity index (χ4n) is 1.85. The molecule has 0 saturated heterocycles. The van der Waals surface area contributed by atoms with Crippen LogP contribution in [0.3, 0.4) is 0 Å². The Balaban J connectivity index is 1.92. The zero-order valence-corrected chi connectivity index (χ0v) is 10.6. The largest absolute Gasteiger partial charge is 0.396 e. The minimum Gasteiger partial charge on any atom is -0.396 e. The van der Waals surface area contributed by atoms with Gasteiger partial charge in [0.05, 0.1) is 6.42 Å². The maximum atomic E-state index is 11.8. The Bertz CT molecular complexity index is 523. The fourth-order valence-corrected chi connectivity index (χ4v) is 1.85. The van der Waals surface area contributed by atoms with E-state index >= 15 is 0 Å². The van der Waals surface area contributed by atoms with E-state index in [9.17, 15) is 4.79 Å². The van der Waals surface area contributed by atoms with Gasteiger partial charge in [0.2, 0.25) is 5.91 Å². The summed E-state index contributed by atoms with van der Waals surface area (Å²) in [6.07, 6.45) is 3.44. The molecule has 0 radical (unpaired) electrons. The number of nitrogens with one attached hydrogen (secondary N) is 2. The Labute approximate surface area is 111 Å². The second kappa shape index (κ2) is 6.70. The standard InChI is InChI=1S/C14H17N3O2/c18-8-2-4-11-3-1-5-12(9-11)16-14(19)10-13-6-7-15-17-13/h1,3,5-7,9,18H,2,4,8,10H2,(H,15,17)(H,16,19). The number of amides is 1. The van der Waals surface area contributed by atoms with Crippen LogP contribution in [0.25, 0.3) is 0 Å². The van der Waals surface area contributed by atoms with Crippen LogP contribution in [0.4, 0.5) is 5.69 Å². The first kappa shape index (κ1) is 13.3. The molecule has 2 aromatic rings. The monoisotopic (exact) mass is 259 g/mol. The highest BCUT2D eigenvalue weighted by Crippen LogP contribution is 2.12. The second-order valence-electron chi connectivity index (χ2n) is 4.33. The van der Waals surface area contributed by atoms with E-state index in [0.29, 0.717) is 0 Å². The molecular weight excluding hydrogens is 242 g/mol. The third-order valence-electron chi connectivity index (χ3n) is 2.74. The smallest absolute Gasteiger partial charge is 0.230 e. The van der Waals surface area contributed by atoms with Crippen molar-refractivity contribution in [3.05, 3.63) is 47.8 Å². The van der Waals surface area contributed by atoms with Crippen molar-refractivity contribution in [2.24, 2.45) is 0 Å².